The lowest BCUT2D eigenvalue weighted by molar-refractivity contribution is 0.645. The van der Waals surface area contributed by atoms with Gasteiger partial charge >= 0.3 is 0 Å². The number of rotatable bonds is 9. The van der Waals surface area contributed by atoms with Gasteiger partial charge in [0.25, 0.3) is 0 Å². The normalized spacial score (nSPS) is 12.7. The molecule has 1 unspecified atom stereocenters. The third-order valence-corrected chi connectivity index (χ3v) is 4.36. The maximum atomic E-state index is 4.79. The summed E-state index contributed by atoms with van der Waals surface area (Å²) in [4.78, 5) is 11.6. The van der Waals surface area contributed by atoms with Crippen molar-refractivity contribution in [1.29, 1.82) is 0 Å². The van der Waals surface area contributed by atoms with Gasteiger partial charge in [-0.25, -0.2) is 9.97 Å². The van der Waals surface area contributed by atoms with Gasteiger partial charge in [0.1, 0.15) is 5.82 Å². The first kappa shape index (κ1) is 18.2. The minimum absolute atomic E-state index is 0.359. The number of aromatic nitrogens is 2. The molecule has 0 radical (unpaired) electrons. The van der Waals surface area contributed by atoms with Crippen molar-refractivity contribution in [3.8, 4) is 0 Å². The Kier molecular flexibility index (Phi) is 8.04. The minimum atomic E-state index is 0.359. The lowest BCUT2D eigenvalue weighted by atomic mass is 10.2. The number of hydrogen-bond donors (Lipinski definition) is 1. The Morgan fingerprint density at radius 3 is 2.62 bits per heavy atom. The van der Waals surface area contributed by atoms with Gasteiger partial charge in [-0.15, -0.1) is 0 Å². The van der Waals surface area contributed by atoms with Crippen LogP contribution in [0.15, 0.2) is 6.20 Å². The molecular formula is C16H30N4S. The summed E-state index contributed by atoms with van der Waals surface area (Å²) in [5, 5.41) is 3.46. The van der Waals surface area contributed by atoms with E-state index in [2.05, 4.69) is 56.2 Å². The molecule has 0 saturated carbocycles. The summed E-state index contributed by atoms with van der Waals surface area (Å²) < 4.78 is 0. The highest BCUT2D eigenvalue weighted by atomic mass is 32.2. The fraction of sp³-hybridized carbons (Fsp3) is 0.750. The molecule has 1 atom stereocenters. The summed E-state index contributed by atoms with van der Waals surface area (Å²) >= 11 is 1.87. The molecule has 1 aromatic heterocycles. The molecule has 0 saturated heterocycles. The first-order valence-electron chi connectivity index (χ1n) is 7.79. The highest BCUT2D eigenvalue weighted by Crippen LogP contribution is 2.22. The summed E-state index contributed by atoms with van der Waals surface area (Å²) in [6.07, 6.45) is 5.27. The van der Waals surface area contributed by atoms with Gasteiger partial charge in [-0.2, -0.15) is 11.8 Å². The number of nitrogens with zero attached hydrogens (tertiary/aromatic N) is 3. The van der Waals surface area contributed by atoms with Crippen LogP contribution < -0.4 is 10.2 Å². The quantitative estimate of drug-likeness (QED) is 0.709. The van der Waals surface area contributed by atoms with E-state index in [9.17, 15) is 0 Å². The second-order valence-electron chi connectivity index (χ2n) is 5.81. The minimum Gasteiger partial charge on any atom is -0.368 e. The number of thioether (sulfide) groups is 1. The Hall–Kier alpha value is -0.810. The summed E-state index contributed by atoms with van der Waals surface area (Å²) in [7, 11) is 2.14. The number of hydrogen-bond acceptors (Lipinski definition) is 5. The summed E-state index contributed by atoms with van der Waals surface area (Å²) in [6.45, 7) is 10.5. The van der Waals surface area contributed by atoms with Crippen LogP contribution in [-0.2, 0) is 6.54 Å². The Labute approximate surface area is 134 Å². The molecule has 5 heteroatoms. The average molecular weight is 311 g/mol. The second-order valence-corrected chi connectivity index (χ2v) is 6.72. The fourth-order valence-corrected chi connectivity index (χ4v) is 2.81. The maximum absolute atomic E-state index is 4.79. The Balaban J connectivity index is 2.99. The van der Waals surface area contributed by atoms with E-state index in [0.717, 1.165) is 42.5 Å². The van der Waals surface area contributed by atoms with E-state index >= 15 is 0 Å². The molecular weight excluding hydrogens is 280 g/mol. The first-order chi connectivity index (χ1) is 10.0. The van der Waals surface area contributed by atoms with Crippen LogP contribution in [0.2, 0.25) is 0 Å². The van der Waals surface area contributed by atoms with Gasteiger partial charge in [-0.3, -0.25) is 0 Å². The van der Waals surface area contributed by atoms with Gasteiger partial charge in [0.2, 0.25) is 0 Å². The molecule has 1 rings (SSSR count). The molecule has 0 aromatic carbocycles. The molecule has 120 valence electrons. The topological polar surface area (TPSA) is 41.1 Å². The largest absolute Gasteiger partial charge is 0.368 e. The van der Waals surface area contributed by atoms with Crippen LogP contribution in [0.3, 0.4) is 0 Å². The molecule has 0 amide bonds. The van der Waals surface area contributed by atoms with E-state index in [-0.39, 0.29) is 0 Å². The standard InChI is InChI=1S/C16H30N4S/c1-7-8-17-9-14-15(20(5)13(4)11-21-6)10-18-16(19-14)12(2)3/h10,12-13,17H,7-9,11H2,1-6H3. The zero-order valence-electron chi connectivity index (χ0n) is 14.3. The zero-order chi connectivity index (χ0) is 15.8. The third kappa shape index (κ3) is 5.47. The Morgan fingerprint density at radius 2 is 2.05 bits per heavy atom. The van der Waals surface area contributed by atoms with Crippen LogP contribution >= 0.6 is 11.8 Å². The number of anilines is 1. The van der Waals surface area contributed by atoms with Crippen molar-refractivity contribution in [1.82, 2.24) is 15.3 Å². The molecule has 1 aromatic rings. The smallest absolute Gasteiger partial charge is 0.131 e. The van der Waals surface area contributed by atoms with Crippen LogP contribution in [-0.4, -0.2) is 41.6 Å². The number of nitrogens with one attached hydrogen (secondary N) is 1. The fourth-order valence-electron chi connectivity index (χ4n) is 2.10. The Morgan fingerprint density at radius 1 is 1.33 bits per heavy atom. The van der Waals surface area contributed by atoms with Crippen LogP contribution in [0.4, 0.5) is 5.69 Å². The monoisotopic (exact) mass is 310 g/mol. The van der Waals surface area contributed by atoms with Crippen LogP contribution in [0.5, 0.6) is 0 Å². The molecule has 0 spiro atoms. The lowest BCUT2D eigenvalue weighted by Crippen LogP contribution is -2.33. The Bertz CT molecular complexity index is 423. The highest BCUT2D eigenvalue weighted by Gasteiger charge is 2.16. The summed E-state index contributed by atoms with van der Waals surface area (Å²) in [5.74, 6) is 2.39. The van der Waals surface area contributed by atoms with Crippen LogP contribution in [0.1, 0.15) is 51.6 Å². The molecule has 0 aliphatic heterocycles. The van der Waals surface area contributed by atoms with Gasteiger partial charge in [-0.05, 0) is 26.1 Å². The highest BCUT2D eigenvalue weighted by molar-refractivity contribution is 7.98. The maximum Gasteiger partial charge on any atom is 0.131 e. The first-order valence-corrected chi connectivity index (χ1v) is 9.18. The van der Waals surface area contributed by atoms with Crippen LogP contribution in [0, 0.1) is 0 Å². The molecule has 0 aliphatic rings. The second kappa shape index (κ2) is 9.26. The van der Waals surface area contributed by atoms with Crippen molar-refractivity contribution in [2.75, 3.05) is 30.5 Å². The van der Waals surface area contributed by atoms with Crippen molar-refractivity contribution in [3.63, 3.8) is 0 Å². The van der Waals surface area contributed by atoms with E-state index in [1.807, 2.05) is 18.0 Å². The SMILES string of the molecule is CCCNCc1nc(C(C)C)ncc1N(C)C(C)CSC. The third-order valence-electron chi connectivity index (χ3n) is 3.55. The molecule has 0 fully saturated rings. The van der Waals surface area contributed by atoms with Gasteiger partial charge in [0.15, 0.2) is 0 Å². The molecule has 0 aliphatic carbocycles. The zero-order valence-corrected chi connectivity index (χ0v) is 15.1. The van der Waals surface area contributed by atoms with Crippen LogP contribution in [0.25, 0.3) is 0 Å². The van der Waals surface area contributed by atoms with Crippen molar-refractivity contribution >= 4 is 17.4 Å². The van der Waals surface area contributed by atoms with Gasteiger partial charge in [0.05, 0.1) is 17.6 Å². The molecule has 21 heavy (non-hydrogen) atoms. The molecule has 1 N–H and O–H groups in total. The predicted octanol–water partition coefficient (Wildman–Crippen LogP) is 3.29. The van der Waals surface area contributed by atoms with Crippen molar-refractivity contribution in [3.05, 3.63) is 17.7 Å². The van der Waals surface area contributed by atoms with Crippen molar-refractivity contribution < 1.29 is 0 Å². The van der Waals surface area contributed by atoms with Gasteiger partial charge in [0, 0.05) is 31.3 Å². The van der Waals surface area contributed by atoms with E-state index < -0.39 is 0 Å². The van der Waals surface area contributed by atoms with Crippen molar-refractivity contribution in [2.24, 2.45) is 0 Å². The van der Waals surface area contributed by atoms with E-state index in [0.29, 0.717) is 12.0 Å². The molecule has 0 bridgehead atoms. The summed E-state index contributed by atoms with van der Waals surface area (Å²) in [6, 6.07) is 0.471. The van der Waals surface area contributed by atoms with Gasteiger partial charge < -0.3 is 10.2 Å². The van der Waals surface area contributed by atoms with E-state index in [1.165, 1.54) is 0 Å². The summed E-state index contributed by atoms with van der Waals surface area (Å²) in [5.41, 5.74) is 2.25. The van der Waals surface area contributed by atoms with E-state index in [1.54, 1.807) is 0 Å². The molecule has 1 heterocycles. The predicted molar refractivity (Wildman–Crippen MR) is 94.4 cm³/mol. The lowest BCUT2D eigenvalue weighted by Gasteiger charge is -2.28. The van der Waals surface area contributed by atoms with E-state index in [4.69, 9.17) is 4.98 Å². The average Bonchev–Trinajstić information content (AvgIpc) is 2.46. The van der Waals surface area contributed by atoms with Gasteiger partial charge in [-0.1, -0.05) is 20.8 Å². The molecule has 4 nitrogen and oxygen atoms in total. The van der Waals surface area contributed by atoms with Crippen molar-refractivity contribution in [2.45, 2.75) is 52.6 Å².